The molecule has 0 atom stereocenters. The SMILES string of the molecule is C[Si](C)(C)C(c1cc(C([Si](C)(C)C)([Si](C)(C)C)[Si](C)(C)C)cc(C([Si](C)(C)C)[Si](C)(C)C)c1P=Pc1c2ccccc2c(P=Pc2c(C([Si](C)(C)C)[Si](C)(C)C)cc(C([Si](C)(C)C)([Si](C)(C)C)[Si](C)(C)C)cc2C([Si](C)(C)C)[Si](C)(C)C)c2ccccc12)[Si](C)(C)C. The number of hydrogen-bond acceptors (Lipinski definition) is 0. The largest absolute Gasteiger partial charge is 0.0693 e. The summed E-state index contributed by atoms with van der Waals surface area (Å²) in [4.78, 5) is 0. The summed E-state index contributed by atoms with van der Waals surface area (Å²) in [5.41, 5.74) is 10.9. The van der Waals surface area contributed by atoms with Crippen LogP contribution in [0.5, 0.6) is 0 Å². The van der Waals surface area contributed by atoms with Crippen LogP contribution in [0.25, 0.3) is 21.5 Å². The number of hydrogen-bond donors (Lipinski definition) is 0. The predicted molar refractivity (Wildman–Crippen MR) is 482 cm³/mol. The first-order chi connectivity index (χ1) is 40.6. The van der Waals surface area contributed by atoms with E-state index in [0.29, 0.717) is 29.2 Å². The molecule has 0 saturated carbocycles. The number of fused-ring (bicyclic) bond motifs is 2. The highest BCUT2D eigenvalue weighted by molar-refractivity contribution is 7.92. The van der Waals surface area contributed by atoms with Crippen molar-refractivity contribution in [2.24, 2.45) is 0 Å². The van der Waals surface area contributed by atoms with E-state index in [4.69, 9.17) is 0 Å². The van der Waals surface area contributed by atoms with Crippen LogP contribution in [-0.4, -0.2) is 113 Å². The average Bonchev–Trinajstić information content (AvgIpc) is 0.704. The fraction of sp³-hybridized carbons (Fsp3) is 0.649. The van der Waals surface area contributed by atoms with Gasteiger partial charge in [0.2, 0.25) is 0 Å². The molecular weight excluding hydrogens is 1410 g/mol. The minimum Gasteiger partial charge on any atom is -0.0693 e. The summed E-state index contributed by atoms with van der Waals surface area (Å²) >= 11 is 0. The van der Waals surface area contributed by atoms with Crippen LogP contribution in [-0.2, 0) is 8.57 Å². The maximum atomic E-state index is 3.03. The van der Waals surface area contributed by atoms with Crippen LogP contribution in [0.4, 0.5) is 0 Å². The quantitative estimate of drug-likeness (QED) is 0.0328. The van der Waals surface area contributed by atoms with Gasteiger partial charge in [0, 0.05) is 134 Å². The van der Waals surface area contributed by atoms with E-state index in [1.165, 1.54) is 53.0 Å². The third-order valence-electron chi connectivity index (χ3n) is 21.5. The maximum absolute atomic E-state index is 3.03. The predicted octanol–water partition coefficient (Wildman–Crippen LogP) is 26.6. The lowest BCUT2D eigenvalue weighted by molar-refractivity contribution is 0.994. The van der Waals surface area contributed by atoms with Crippen LogP contribution < -0.4 is 21.2 Å². The van der Waals surface area contributed by atoms with Gasteiger partial charge in [-0.15, -0.1) is 0 Å². The molecule has 92 heavy (non-hydrogen) atoms. The third kappa shape index (κ3) is 16.5. The monoisotopic (exact) mass is 1550 g/mol. The molecule has 0 aliphatic rings. The van der Waals surface area contributed by atoms with Crippen LogP contribution in [0.1, 0.15) is 54.0 Å². The number of rotatable bonds is 24. The van der Waals surface area contributed by atoms with Gasteiger partial charge >= 0.3 is 0 Å². The molecule has 0 fully saturated rings. The lowest BCUT2D eigenvalue weighted by atomic mass is 10.0. The second kappa shape index (κ2) is 27.2. The van der Waals surface area contributed by atoms with Gasteiger partial charge in [-0.25, -0.2) is 0 Å². The Morgan fingerprint density at radius 3 is 0.489 bits per heavy atom. The highest BCUT2D eigenvalue weighted by Gasteiger charge is 2.63. The van der Waals surface area contributed by atoms with Crippen molar-refractivity contribution in [3.63, 3.8) is 0 Å². The first-order valence-electron chi connectivity index (χ1n) is 35.7. The zero-order valence-electron chi connectivity index (χ0n) is 68.0. The van der Waals surface area contributed by atoms with E-state index in [9.17, 15) is 0 Å². The van der Waals surface area contributed by atoms with Crippen LogP contribution in [0.3, 0.4) is 0 Å². The molecule has 0 N–H and O–H groups in total. The molecule has 514 valence electrons. The van der Waals surface area contributed by atoms with E-state index in [-0.39, 0.29) is 0 Å². The standard InChI is InChI=1S/C74H142P4Si14/c1-79(2,3)69(80(4,5)6)61-51-55(73(87(25,26)27,88(28,29)30)89(31,32)33)52-62(70(81(7,8)9)82(10,11)12)67(61)77-75-65-57-47-43-45-49-59(57)66(60-50-46-44-48-58(60)65)76-78-68-63(71(83(13,14)15)84(16,17)18)53-56(54-64(68)72(85(19,20)21)86(22,23)24)74(90(34,35)36,91(37,38)39)92(40,41)42/h43-54,69-72H,1-42H3. The van der Waals surface area contributed by atoms with E-state index in [1.54, 1.807) is 21.2 Å². The highest BCUT2D eigenvalue weighted by Crippen LogP contribution is 2.55. The van der Waals surface area contributed by atoms with Gasteiger partial charge < -0.3 is 0 Å². The summed E-state index contributed by atoms with van der Waals surface area (Å²) in [5.74, 6) is 0. The van der Waals surface area contributed by atoms with Crippen molar-refractivity contribution in [2.45, 2.75) is 304 Å². The molecule has 5 aromatic rings. The van der Waals surface area contributed by atoms with Crippen molar-refractivity contribution in [1.29, 1.82) is 0 Å². The fourth-order valence-corrected chi connectivity index (χ4v) is 142. The molecule has 0 aliphatic heterocycles. The molecule has 0 nitrogen and oxygen atoms in total. The van der Waals surface area contributed by atoms with Gasteiger partial charge in [0.15, 0.2) is 0 Å². The molecule has 0 heterocycles. The minimum absolute atomic E-state index is 0.302. The molecule has 0 saturated heterocycles. The highest BCUT2D eigenvalue weighted by atomic mass is 31.7. The molecule has 18 heteroatoms. The lowest BCUT2D eigenvalue weighted by Gasteiger charge is -2.60. The van der Waals surface area contributed by atoms with Crippen LogP contribution in [0.2, 0.25) is 275 Å². The van der Waals surface area contributed by atoms with Crippen molar-refractivity contribution >= 4 is 187 Å². The van der Waals surface area contributed by atoms with Gasteiger partial charge in [-0.2, -0.15) is 0 Å². The maximum Gasteiger partial charge on any atom is 0.0499 e. The van der Waals surface area contributed by atoms with Gasteiger partial charge in [-0.1, -0.05) is 348 Å². The Bertz CT molecular complexity index is 3020. The zero-order chi connectivity index (χ0) is 71.7. The molecule has 0 amide bonds. The van der Waals surface area contributed by atoms with E-state index >= 15 is 0 Å². The summed E-state index contributed by atoms with van der Waals surface area (Å²) in [6.45, 7) is 116. The second-order valence-corrected chi connectivity index (χ2v) is 128. The van der Waals surface area contributed by atoms with Crippen molar-refractivity contribution in [3.8, 4) is 0 Å². The third-order valence-corrected chi connectivity index (χ3v) is 107. The Hall–Kier alpha value is 0.856. The summed E-state index contributed by atoms with van der Waals surface area (Å²) in [6, 6.07) is 31.9. The van der Waals surface area contributed by atoms with Gasteiger partial charge in [-0.3, -0.25) is 0 Å². The fourth-order valence-electron chi connectivity index (χ4n) is 23.7. The Labute approximate surface area is 592 Å². The Kier molecular flexibility index (Phi) is 24.7. The number of benzene rings is 5. The van der Waals surface area contributed by atoms with Crippen molar-refractivity contribution < 1.29 is 0 Å². The van der Waals surface area contributed by atoms with Crippen molar-refractivity contribution in [3.05, 3.63) is 106 Å². The molecule has 0 radical (unpaired) electrons. The van der Waals surface area contributed by atoms with E-state index in [2.05, 4.69) is 348 Å². The summed E-state index contributed by atoms with van der Waals surface area (Å²) in [7, 11) is -19.5. The van der Waals surface area contributed by atoms with Gasteiger partial charge in [-0.05, 0) is 116 Å². The van der Waals surface area contributed by atoms with Crippen molar-refractivity contribution in [2.75, 3.05) is 0 Å². The molecule has 0 unspecified atom stereocenters. The second-order valence-electron chi connectivity index (χ2n) is 43.9. The minimum atomic E-state index is -1.84. The topological polar surface area (TPSA) is 0 Å². The van der Waals surface area contributed by atoms with Gasteiger partial charge in [0.25, 0.3) is 0 Å². The van der Waals surface area contributed by atoms with Gasteiger partial charge in [0.05, 0.1) is 0 Å². The van der Waals surface area contributed by atoms with Crippen LogP contribution in [0, 0.1) is 0 Å². The Morgan fingerprint density at radius 1 is 0.217 bits per heavy atom. The first-order valence-corrected chi connectivity index (χ1v) is 90.3. The molecule has 0 aliphatic carbocycles. The molecule has 0 spiro atoms. The smallest absolute Gasteiger partial charge is 0.0499 e. The van der Waals surface area contributed by atoms with Crippen molar-refractivity contribution in [1.82, 2.24) is 0 Å². The normalized spacial score (nSPS) is 15.4. The van der Waals surface area contributed by atoms with Gasteiger partial charge in [0.1, 0.15) is 0 Å². The summed E-state index contributed by atoms with van der Waals surface area (Å²) in [5, 5.41) is 15.1. The van der Waals surface area contributed by atoms with E-state index < -0.39 is 113 Å². The average molecular weight is 1550 g/mol. The molecule has 0 aromatic heterocycles. The molecule has 5 aromatic carbocycles. The zero-order valence-corrected chi connectivity index (χ0v) is 85.6. The van der Waals surface area contributed by atoms with Crippen LogP contribution in [0.15, 0.2) is 72.8 Å². The molecule has 0 bridgehead atoms. The Balaban J connectivity index is 2.18. The summed E-state index contributed by atoms with van der Waals surface area (Å²) < 4.78 is 0.603. The van der Waals surface area contributed by atoms with E-state index in [1.807, 2.05) is 33.4 Å². The van der Waals surface area contributed by atoms with Crippen LogP contribution >= 0.6 is 31.5 Å². The molecule has 5 rings (SSSR count). The first kappa shape index (κ1) is 83.5. The summed E-state index contributed by atoms with van der Waals surface area (Å²) in [6.07, 6.45) is 0. The molecular formula is C74H142P4Si14. The Morgan fingerprint density at radius 2 is 0.359 bits per heavy atom. The van der Waals surface area contributed by atoms with E-state index in [0.717, 1.165) is 0 Å². The lowest BCUT2D eigenvalue weighted by Crippen LogP contribution is -2.74.